The Hall–Kier alpha value is -1.70. The molecule has 1 atom stereocenters. The molecule has 23 heavy (non-hydrogen) atoms. The van der Waals surface area contributed by atoms with Gasteiger partial charge in [0.15, 0.2) is 0 Å². The standard InChI is InChI=1S/C16H25N5O2/c1-20-5-7-21(8-6-20)15-10-13(2-3-18-15)11-19-16(22)14-12-17-4-9-23-14/h2-3,10,14,17H,4-9,11-12H2,1H3,(H,19,22)/t14-/m1/s1. The molecule has 1 amide bonds. The fraction of sp³-hybridized carbons (Fsp3) is 0.625. The van der Waals surface area contributed by atoms with E-state index in [0.717, 1.165) is 44.1 Å². The van der Waals surface area contributed by atoms with Gasteiger partial charge in [-0.05, 0) is 24.7 Å². The SMILES string of the molecule is CN1CCN(c2cc(CNC(=O)[C@H]3CNCCO3)ccn2)CC1. The number of morpholine rings is 1. The maximum atomic E-state index is 12.1. The van der Waals surface area contributed by atoms with Gasteiger partial charge in [-0.15, -0.1) is 0 Å². The molecule has 0 spiro atoms. The lowest BCUT2D eigenvalue weighted by molar-refractivity contribution is -0.134. The molecule has 0 aromatic carbocycles. The van der Waals surface area contributed by atoms with Crippen LogP contribution in [0.15, 0.2) is 18.3 Å². The van der Waals surface area contributed by atoms with Crippen LogP contribution in [0.5, 0.6) is 0 Å². The number of hydrogen-bond donors (Lipinski definition) is 2. The maximum Gasteiger partial charge on any atom is 0.250 e. The van der Waals surface area contributed by atoms with Gasteiger partial charge in [-0.1, -0.05) is 0 Å². The minimum absolute atomic E-state index is 0.0600. The van der Waals surface area contributed by atoms with Crippen molar-refractivity contribution < 1.29 is 9.53 Å². The molecule has 126 valence electrons. The van der Waals surface area contributed by atoms with Crippen LogP contribution >= 0.6 is 0 Å². The second-order valence-electron chi connectivity index (χ2n) is 6.09. The smallest absolute Gasteiger partial charge is 0.250 e. The van der Waals surface area contributed by atoms with Gasteiger partial charge in [0.1, 0.15) is 11.9 Å². The number of nitrogens with one attached hydrogen (secondary N) is 2. The highest BCUT2D eigenvalue weighted by atomic mass is 16.5. The highest BCUT2D eigenvalue weighted by Gasteiger charge is 2.21. The molecule has 2 aliphatic heterocycles. The lowest BCUT2D eigenvalue weighted by Gasteiger charge is -2.33. The first-order valence-electron chi connectivity index (χ1n) is 8.21. The van der Waals surface area contributed by atoms with E-state index in [-0.39, 0.29) is 12.0 Å². The quantitative estimate of drug-likeness (QED) is 0.775. The Morgan fingerprint density at radius 1 is 1.43 bits per heavy atom. The Morgan fingerprint density at radius 3 is 3.00 bits per heavy atom. The van der Waals surface area contributed by atoms with Gasteiger partial charge in [0.05, 0.1) is 6.61 Å². The van der Waals surface area contributed by atoms with Crippen LogP contribution in [-0.4, -0.2) is 74.8 Å². The third-order valence-corrected chi connectivity index (χ3v) is 4.32. The molecule has 0 radical (unpaired) electrons. The summed E-state index contributed by atoms with van der Waals surface area (Å²) in [7, 11) is 2.14. The Labute approximate surface area is 137 Å². The van der Waals surface area contributed by atoms with E-state index in [4.69, 9.17) is 4.74 Å². The van der Waals surface area contributed by atoms with Crippen LogP contribution in [0.25, 0.3) is 0 Å². The highest BCUT2D eigenvalue weighted by molar-refractivity contribution is 5.81. The van der Waals surface area contributed by atoms with Crippen LogP contribution in [-0.2, 0) is 16.1 Å². The van der Waals surface area contributed by atoms with E-state index in [2.05, 4.69) is 38.5 Å². The van der Waals surface area contributed by atoms with Gasteiger partial charge >= 0.3 is 0 Å². The summed E-state index contributed by atoms with van der Waals surface area (Å²) >= 11 is 0. The summed E-state index contributed by atoms with van der Waals surface area (Å²) in [6, 6.07) is 4.01. The molecule has 0 bridgehead atoms. The number of aromatic nitrogens is 1. The minimum Gasteiger partial charge on any atom is -0.366 e. The average molecular weight is 319 g/mol. The third kappa shape index (κ3) is 4.40. The monoisotopic (exact) mass is 319 g/mol. The van der Waals surface area contributed by atoms with Crippen molar-refractivity contribution in [1.29, 1.82) is 0 Å². The Morgan fingerprint density at radius 2 is 2.26 bits per heavy atom. The van der Waals surface area contributed by atoms with Gasteiger partial charge in [0, 0.05) is 52.0 Å². The predicted molar refractivity (Wildman–Crippen MR) is 88.4 cm³/mol. The van der Waals surface area contributed by atoms with Crippen molar-refractivity contribution in [2.45, 2.75) is 12.6 Å². The lowest BCUT2D eigenvalue weighted by atomic mass is 10.2. The normalized spacial score (nSPS) is 22.8. The van der Waals surface area contributed by atoms with Crippen molar-refractivity contribution in [3.8, 4) is 0 Å². The van der Waals surface area contributed by atoms with E-state index in [1.807, 2.05) is 12.3 Å². The highest BCUT2D eigenvalue weighted by Crippen LogP contribution is 2.14. The topological polar surface area (TPSA) is 69.7 Å². The molecular formula is C16H25N5O2. The molecule has 0 unspecified atom stereocenters. The molecule has 3 heterocycles. The van der Waals surface area contributed by atoms with Crippen molar-refractivity contribution in [2.24, 2.45) is 0 Å². The summed E-state index contributed by atoms with van der Waals surface area (Å²) in [6.45, 7) is 6.55. The van der Waals surface area contributed by atoms with Crippen molar-refractivity contribution in [3.05, 3.63) is 23.9 Å². The maximum absolute atomic E-state index is 12.1. The molecular weight excluding hydrogens is 294 g/mol. The molecule has 0 saturated carbocycles. The van der Waals surface area contributed by atoms with E-state index in [9.17, 15) is 4.79 Å². The summed E-state index contributed by atoms with van der Waals surface area (Å²) < 4.78 is 5.46. The molecule has 2 fully saturated rings. The average Bonchev–Trinajstić information content (AvgIpc) is 2.61. The summed E-state index contributed by atoms with van der Waals surface area (Å²) in [4.78, 5) is 21.2. The van der Waals surface area contributed by atoms with E-state index in [0.29, 0.717) is 19.7 Å². The molecule has 0 aliphatic carbocycles. The first kappa shape index (κ1) is 16.2. The number of carbonyl (C=O) groups excluding carboxylic acids is 1. The fourth-order valence-electron chi connectivity index (χ4n) is 2.82. The van der Waals surface area contributed by atoms with Crippen LogP contribution in [0.2, 0.25) is 0 Å². The fourth-order valence-corrected chi connectivity index (χ4v) is 2.82. The van der Waals surface area contributed by atoms with Crippen LogP contribution in [0.4, 0.5) is 5.82 Å². The number of pyridine rings is 1. The number of likely N-dealkylation sites (N-methyl/N-ethyl adjacent to an activating group) is 1. The number of nitrogens with zero attached hydrogens (tertiary/aromatic N) is 3. The van der Waals surface area contributed by atoms with Crippen molar-refractivity contribution in [1.82, 2.24) is 20.5 Å². The summed E-state index contributed by atoms with van der Waals surface area (Å²) in [5, 5.41) is 6.11. The van der Waals surface area contributed by atoms with Gasteiger partial charge in [-0.25, -0.2) is 4.98 Å². The first-order chi connectivity index (χ1) is 11.2. The van der Waals surface area contributed by atoms with Gasteiger partial charge in [-0.3, -0.25) is 4.79 Å². The van der Waals surface area contributed by atoms with Crippen LogP contribution in [0, 0.1) is 0 Å². The van der Waals surface area contributed by atoms with E-state index < -0.39 is 0 Å². The number of rotatable bonds is 4. The number of piperazine rings is 1. The number of carbonyl (C=O) groups is 1. The van der Waals surface area contributed by atoms with Crippen molar-refractivity contribution >= 4 is 11.7 Å². The zero-order valence-corrected chi connectivity index (χ0v) is 13.6. The van der Waals surface area contributed by atoms with Gasteiger partial charge in [0.2, 0.25) is 0 Å². The van der Waals surface area contributed by atoms with Gasteiger partial charge < -0.3 is 25.2 Å². The third-order valence-electron chi connectivity index (χ3n) is 4.32. The molecule has 1 aromatic heterocycles. The Balaban J connectivity index is 1.54. The minimum atomic E-state index is -0.386. The number of anilines is 1. The largest absolute Gasteiger partial charge is 0.366 e. The zero-order valence-electron chi connectivity index (χ0n) is 13.6. The van der Waals surface area contributed by atoms with E-state index in [1.54, 1.807) is 0 Å². The summed E-state index contributed by atoms with van der Waals surface area (Å²) in [6.07, 6.45) is 1.43. The molecule has 2 aliphatic rings. The van der Waals surface area contributed by atoms with Gasteiger partial charge in [0.25, 0.3) is 5.91 Å². The number of ether oxygens (including phenoxy) is 1. The summed E-state index contributed by atoms with van der Waals surface area (Å²) in [5.41, 5.74) is 1.06. The van der Waals surface area contributed by atoms with Crippen LogP contribution in [0.1, 0.15) is 5.56 Å². The molecule has 1 aromatic rings. The molecule has 3 rings (SSSR count). The Kier molecular flexibility index (Phi) is 5.43. The molecule has 2 saturated heterocycles. The number of hydrogen-bond acceptors (Lipinski definition) is 6. The second-order valence-corrected chi connectivity index (χ2v) is 6.09. The predicted octanol–water partition coefficient (Wildman–Crippen LogP) is -0.562. The van der Waals surface area contributed by atoms with Crippen molar-refractivity contribution in [2.75, 3.05) is 57.8 Å². The molecule has 2 N–H and O–H groups in total. The van der Waals surface area contributed by atoms with E-state index in [1.165, 1.54) is 0 Å². The molecule has 7 nitrogen and oxygen atoms in total. The second kappa shape index (κ2) is 7.72. The lowest BCUT2D eigenvalue weighted by Crippen LogP contribution is -2.47. The Bertz CT molecular complexity index is 525. The first-order valence-corrected chi connectivity index (χ1v) is 8.21. The van der Waals surface area contributed by atoms with Gasteiger partial charge in [-0.2, -0.15) is 0 Å². The van der Waals surface area contributed by atoms with Crippen LogP contribution < -0.4 is 15.5 Å². The zero-order chi connectivity index (χ0) is 16.1. The van der Waals surface area contributed by atoms with E-state index >= 15 is 0 Å². The summed E-state index contributed by atoms with van der Waals surface area (Å²) in [5.74, 6) is 0.926. The number of amides is 1. The van der Waals surface area contributed by atoms with Crippen molar-refractivity contribution in [3.63, 3.8) is 0 Å². The molecule has 7 heteroatoms. The van der Waals surface area contributed by atoms with Crippen LogP contribution in [0.3, 0.4) is 0 Å².